The first-order valence-corrected chi connectivity index (χ1v) is 16.6. The van der Waals surface area contributed by atoms with Crippen molar-refractivity contribution in [3.63, 3.8) is 0 Å². The van der Waals surface area contributed by atoms with Crippen molar-refractivity contribution in [1.82, 2.24) is 0 Å². The maximum atomic E-state index is 14.5. The SMILES string of the molecule is C=C1c2ccccc2C(=O)C23C(C4C=CC(C4)C12C)C3(C)C/C=C(\C)C(C)(C)CC([CH2-])/C=C(\C)CCC.CC.CC.[Y]. The molecular formula is C40H59OY-. The molecule has 7 atom stereocenters. The number of fused-ring (bicyclic) bond motifs is 5. The Morgan fingerprint density at radius 2 is 1.69 bits per heavy atom. The van der Waals surface area contributed by atoms with Gasteiger partial charge in [-0.3, -0.25) is 4.79 Å². The summed E-state index contributed by atoms with van der Waals surface area (Å²) < 4.78 is 0. The van der Waals surface area contributed by atoms with Crippen molar-refractivity contribution in [2.24, 2.45) is 45.3 Å². The van der Waals surface area contributed by atoms with Crippen molar-refractivity contribution in [3.05, 3.63) is 84.3 Å². The van der Waals surface area contributed by atoms with Gasteiger partial charge in [-0.1, -0.05) is 135 Å². The third-order valence-corrected chi connectivity index (χ3v) is 11.4. The number of benzene rings is 1. The van der Waals surface area contributed by atoms with Crippen LogP contribution in [0.1, 0.15) is 124 Å². The summed E-state index contributed by atoms with van der Waals surface area (Å²) in [7, 11) is 0. The Bertz CT molecular complexity index is 1230. The molecule has 1 radical (unpaired) electrons. The molecule has 1 aromatic rings. The summed E-state index contributed by atoms with van der Waals surface area (Å²) in [6.45, 7) is 33.4. The molecule has 0 aromatic heterocycles. The molecular weight excluding hydrogens is 585 g/mol. The summed E-state index contributed by atoms with van der Waals surface area (Å²) in [5.74, 6) is 1.97. The van der Waals surface area contributed by atoms with Crippen molar-refractivity contribution < 1.29 is 37.5 Å². The third kappa shape index (κ3) is 5.51. The van der Waals surface area contributed by atoms with Gasteiger partial charge in [0.05, 0.1) is 5.41 Å². The van der Waals surface area contributed by atoms with Gasteiger partial charge in [0.25, 0.3) is 0 Å². The standard InChI is InChI=1S/C36H47O.2C2H6.Y/c1-10-13-23(2)20-24(3)22-33(6,7)25(4)18-19-34(8)31-27-16-17-28(21-27)35(9)26(5)29-14-11-12-15-30(29)32(37)36(31,34)35;2*1-2;/h11-12,14-18,20,24,27-28,31H,3,5,10,13,19,21-22H2,1-2,4,6-9H3;2*1-2H3;/q-1;;;/b23-20+,25-18+;;;. The maximum absolute atomic E-state index is 14.5. The zero-order valence-corrected chi connectivity index (χ0v) is 31.7. The van der Waals surface area contributed by atoms with Crippen LogP contribution in [0.5, 0.6) is 0 Å². The maximum Gasteiger partial charge on any atom is 0.171 e. The van der Waals surface area contributed by atoms with Gasteiger partial charge in [-0.2, -0.15) is 0 Å². The van der Waals surface area contributed by atoms with Gasteiger partial charge in [-0.05, 0) is 72.8 Å². The van der Waals surface area contributed by atoms with E-state index in [1.807, 2.05) is 39.8 Å². The smallest absolute Gasteiger partial charge is 0.171 e. The summed E-state index contributed by atoms with van der Waals surface area (Å²) in [6.07, 6.45) is 15.2. The predicted octanol–water partition coefficient (Wildman–Crippen LogP) is 11.7. The van der Waals surface area contributed by atoms with E-state index in [-0.39, 0.29) is 54.4 Å². The van der Waals surface area contributed by atoms with Gasteiger partial charge in [0.15, 0.2) is 5.78 Å². The van der Waals surface area contributed by atoms with E-state index in [0.29, 0.717) is 29.5 Å². The number of carbonyl (C=O) groups is 1. The number of ketones is 1. The Labute approximate surface area is 285 Å². The van der Waals surface area contributed by atoms with E-state index in [1.165, 1.54) is 23.1 Å². The number of Topliss-reactive ketones (excluding diaryl/α,β-unsaturated/α-hetero) is 1. The molecule has 1 aromatic carbocycles. The van der Waals surface area contributed by atoms with Gasteiger partial charge < -0.3 is 6.92 Å². The molecule has 42 heavy (non-hydrogen) atoms. The first kappa shape index (κ1) is 37.1. The molecule has 229 valence electrons. The van der Waals surface area contributed by atoms with Gasteiger partial charge >= 0.3 is 0 Å². The Morgan fingerprint density at radius 1 is 1.10 bits per heavy atom. The Morgan fingerprint density at radius 3 is 2.29 bits per heavy atom. The van der Waals surface area contributed by atoms with Crippen molar-refractivity contribution in [1.29, 1.82) is 0 Å². The van der Waals surface area contributed by atoms with E-state index in [9.17, 15) is 4.79 Å². The first-order chi connectivity index (χ1) is 19.4. The van der Waals surface area contributed by atoms with Crippen molar-refractivity contribution in [2.45, 2.75) is 108 Å². The topological polar surface area (TPSA) is 17.1 Å². The number of allylic oxidation sites excluding steroid dienone is 7. The van der Waals surface area contributed by atoms with E-state index in [1.54, 1.807) is 0 Å². The molecule has 0 N–H and O–H groups in total. The Hall–Kier alpha value is -1.05. The minimum absolute atomic E-state index is 0. The van der Waals surface area contributed by atoms with Gasteiger partial charge in [-0.25, -0.2) is 0 Å². The van der Waals surface area contributed by atoms with Gasteiger partial charge in [0.2, 0.25) is 0 Å². The third-order valence-electron chi connectivity index (χ3n) is 11.4. The number of hydrogen-bond acceptors (Lipinski definition) is 1. The molecule has 5 rings (SSSR count). The second-order valence-corrected chi connectivity index (χ2v) is 13.9. The average molecular weight is 645 g/mol. The molecule has 1 nitrogen and oxygen atoms in total. The normalized spacial score (nSPS) is 33.1. The van der Waals surface area contributed by atoms with Crippen LogP contribution in [0.3, 0.4) is 0 Å². The van der Waals surface area contributed by atoms with Gasteiger partial charge in [0.1, 0.15) is 0 Å². The van der Waals surface area contributed by atoms with Crippen molar-refractivity contribution >= 4 is 11.4 Å². The minimum atomic E-state index is -0.363. The Balaban J connectivity index is 0.00000118. The predicted molar refractivity (Wildman–Crippen MR) is 180 cm³/mol. The number of hydrogen-bond donors (Lipinski definition) is 0. The van der Waals surface area contributed by atoms with Gasteiger partial charge in [0, 0.05) is 43.7 Å². The van der Waals surface area contributed by atoms with Crippen LogP contribution in [0, 0.1) is 52.3 Å². The summed E-state index contributed by atoms with van der Waals surface area (Å²) >= 11 is 0. The van der Waals surface area contributed by atoms with Gasteiger partial charge in [-0.15, -0.1) is 12.0 Å². The molecule has 0 saturated heterocycles. The quantitative estimate of drug-likeness (QED) is 0.203. The molecule has 1 spiro atoms. The van der Waals surface area contributed by atoms with Crippen LogP contribution in [0.15, 0.2) is 66.3 Å². The Kier molecular flexibility index (Phi) is 12.3. The molecule has 2 heteroatoms. The zero-order valence-electron chi connectivity index (χ0n) is 28.9. The second kappa shape index (κ2) is 13.9. The molecule has 4 aliphatic carbocycles. The molecule has 0 aliphatic heterocycles. The molecule has 2 fully saturated rings. The second-order valence-electron chi connectivity index (χ2n) is 13.9. The van der Waals surface area contributed by atoms with Crippen LogP contribution in [0.25, 0.3) is 5.57 Å². The largest absolute Gasteiger partial charge is 0.337 e. The van der Waals surface area contributed by atoms with Crippen molar-refractivity contribution in [3.8, 4) is 0 Å². The average Bonchev–Trinajstić information content (AvgIpc) is 3.25. The first-order valence-electron chi connectivity index (χ1n) is 16.6. The molecule has 7 unspecified atom stereocenters. The fraction of sp³-hybridized carbons (Fsp3) is 0.600. The molecule has 0 amide bonds. The monoisotopic (exact) mass is 644 g/mol. The minimum Gasteiger partial charge on any atom is -0.337 e. The summed E-state index contributed by atoms with van der Waals surface area (Å²) in [6, 6.07) is 8.24. The van der Waals surface area contributed by atoms with Crippen LogP contribution in [-0.2, 0) is 32.7 Å². The van der Waals surface area contributed by atoms with E-state index in [0.717, 1.165) is 36.8 Å². The van der Waals surface area contributed by atoms with Crippen LogP contribution in [0.2, 0.25) is 0 Å². The summed E-state index contributed by atoms with van der Waals surface area (Å²) in [5.41, 5.74) is 5.46. The molecule has 4 aliphatic rings. The summed E-state index contributed by atoms with van der Waals surface area (Å²) in [4.78, 5) is 14.5. The number of rotatable bonds is 8. The molecule has 2 saturated carbocycles. The number of carbonyl (C=O) groups excluding carboxylic acids is 1. The van der Waals surface area contributed by atoms with E-state index in [2.05, 4.69) is 91.8 Å². The van der Waals surface area contributed by atoms with E-state index < -0.39 is 0 Å². The van der Waals surface area contributed by atoms with Crippen LogP contribution >= 0.6 is 0 Å². The fourth-order valence-electron chi connectivity index (χ4n) is 9.34. The fourth-order valence-corrected chi connectivity index (χ4v) is 9.34. The van der Waals surface area contributed by atoms with Crippen molar-refractivity contribution in [2.75, 3.05) is 0 Å². The van der Waals surface area contributed by atoms with Crippen LogP contribution in [0.4, 0.5) is 0 Å². The van der Waals surface area contributed by atoms with E-state index in [4.69, 9.17) is 6.58 Å². The molecule has 2 bridgehead atoms. The zero-order chi connectivity index (χ0) is 31.0. The van der Waals surface area contributed by atoms with E-state index >= 15 is 0 Å². The van der Waals surface area contributed by atoms with Crippen LogP contribution < -0.4 is 0 Å². The summed E-state index contributed by atoms with van der Waals surface area (Å²) in [5, 5.41) is 0. The molecule has 0 heterocycles. The van der Waals surface area contributed by atoms with Crippen LogP contribution in [-0.4, -0.2) is 5.78 Å².